The highest BCUT2D eigenvalue weighted by atomic mass is 15.2. The van der Waals surface area contributed by atoms with Crippen LogP contribution in [-0.4, -0.2) is 14.1 Å². The van der Waals surface area contributed by atoms with Crippen LogP contribution >= 0.6 is 0 Å². The molecule has 4 rings (SSSR count). The molecule has 5 nitrogen and oxygen atoms in total. The largest absolute Gasteiger partial charge is 0.302 e. The third kappa shape index (κ3) is 4.02. The molecule has 2 heterocycles. The van der Waals surface area contributed by atoms with E-state index in [1.165, 1.54) is 11.1 Å². The molecule has 0 saturated carbocycles. The van der Waals surface area contributed by atoms with Crippen LogP contribution < -0.4 is 5.62 Å². The number of hydrogen-bond donors (Lipinski definition) is 1. The number of aryl methyl sites for hydroxylation is 2. The van der Waals surface area contributed by atoms with Crippen molar-refractivity contribution in [1.29, 1.82) is 10.7 Å². The first-order valence-corrected chi connectivity index (χ1v) is 10.6. The number of rotatable bonds is 6. The van der Waals surface area contributed by atoms with Crippen LogP contribution in [0.2, 0.25) is 0 Å². The average Bonchev–Trinajstić information content (AvgIpc) is 3.06. The topological polar surface area (TPSA) is 70.4 Å². The first kappa shape index (κ1) is 20.6. The van der Waals surface area contributed by atoms with Crippen LogP contribution in [0.4, 0.5) is 0 Å². The van der Waals surface area contributed by atoms with Gasteiger partial charge in [-0.3, -0.25) is 9.98 Å². The Labute approximate surface area is 182 Å². The number of nitriles is 1. The number of nitrogens with zero attached hydrogens (tertiary/aromatic N) is 4. The zero-order chi connectivity index (χ0) is 22.0. The maximum Gasteiger partial charge on any atom is 0.205 e. The molecule has 5 heteroatoms. The third-order valence-electron chi connectivity index (χ3n) is 5.94. The van der Waals surface area contributed by atoms with Gasteiger partial charge in [-0.15, -0.1) is 0 Å². The van der Waals surface area contributed by atoms with Crippen LogP contribution in [0.1, 0.15) is 47.7 Å². The van der Waals surface area contributed by atoms with Crippen molar-refractivity contribution in [3.8, 4) is 6.07 Å². The van der Waals surface area contributed by atoms with Gasteiger partial charge in [0.1, 0.15) is 0 Å². The second-order valence-electron chi connectivity index (χ2n) is 8.20. The van der Waals surface area contributed by atoms with Crippen molar-refractivity contribution in [2.75, 3.05) is 0 Å². The van der Waals surface area contributed by atoms with Gasteiger partial charge in [0.25, 0.3) is 0 Å². The Morgan fingerprint density at radius 1 is 0.968 bits per heavy atom. The Bertz CT molecular complexity index is 1290. The van der Waals surface area contributed by atoms with E-state index in [-0.39, 0.29) is 12.1 Å². The molecule has 0 bridgehead atoms. The molecule has 156 valence electrons. The van der Waals surface area contributed by atoms with Crippen LogP contribution in [0.5, 0.6) is 0 Å². The molecule has 0 aliphatic carbocycles. The Balaban J connectivity index is 1.84. The predicted octanol–water partition coefficient (Wildman–Crippen LogP) is 5.24. The summed E-state index contributed by atoms with van der Waals surface area (Å²) >= 11 is 0. The quantitative estimate of drug-likeness (QED) is 0.473. The van der Waals surface area contributed by atoms with E-state index in [4.69, 9.17) is 5.41 Å². The van der Waals surface area contributed by atoms with Crippen molar-refractivity contribution in [3.05, 3.63) is 94.7 Å². The van der Waals surface area contributed by atoms with Gasteiger partial charge in [-0.1, -0.05) is 59.7 Å². The number of pyridine rings is 1. The minimum atomic E-state index is -0.163. The SMILES string of the molecule is Cc1ccc(C[C@@H](CC#N)n2c(=N)n(C(C)c3ccc(C)cc3)c3cccnc32)cc1. The number of nitrogens with one attached hydrogen (secondary N) is 1. The summed E-state index contributed by atoms with van der Waals surface area (Å²) in [5, 5.41) is 18.6. The molecule has 0 aliphatic rings. The van der Waals surface area contributed by atoms with Crippen LogP contribution in [0, 0.1) is 30.6 Å². The van der Waals surface area contributed by atoms with E-state index in [9.17, 15) is 5.26 Å². The van der Waals surface area contributed by atoms with Crippen molar-refractivity contribution >= 4 is 11.2 Å². The molecule has 0 saturated heterocycles. The summed E-state index contributed by atoms with van der Waals surface area (Å²) in [6.45, 7) is 6.25. The standard InChI is InChI=1S/C26H27N5/c1-18-6-10-21(11-7-18)17-23(14-15-27)31-25-24(5-4-16-29-25)30(26(31)28)20(3)22-12-8-19(2)9-13-22/h4-13,16,20,23,28H,14,17H2,1-3H3/t20?,23-/m1/s1. The van der Waals surface area contributed by atoms with Gasteiger partial charge in [0.15, 0.2) is 5.65 Å². The highest BCUT2D eigenvalue weighted by Gasteiger charge is 2.23. The molecular formula is C26H27N5. The lowest BCUT2D eigenvalue weighted by atomic mass is 10.0. The minimum absolute atomic E-state index is 0.0249. The number of hydrogen-bond acceptors (Lipinski definition) is 3. The fourth-order valence-electron chi connectivity index (χ4n) is 4.18. The highest BCUT2D eigenvalue weighted by molar-refractivity contribution is 5.72. The van der Waals surface area contributed by atoms with E-state index < -0.39 is 0 Å². The summed E-state index contributed by atoms with van der Waals surface area (Å²) in [5.74, 6) is 0. The van der Waals surface area contributed by atoms with E-state index in [2.05, 4.69) is 80.4 Å². The summed E-state index contributed by atoms with van der Waals surface area (Å²) in [5.41, 5.74) is 6.74. The molecule has 4 aromatic rings. The molecule has 0 spiro atoms. The Hall–Kier alpha value is -3.65. The van der Waals surface area contributed by atoms with Crippen molar-refractivity contribution in [2.45, 2.75) is 45.7 Å². The molecule has 0 amide bonds. The normalized spacial score (nSPS) is 13.1. The summed E-state index contributed by atoms with van der Waals surface area (Å²) < 4.78 is 3.95. The zero-order valence-corrected chi connectivity index (χ0v) is 18.2. The van der Waals surface area contributed by atoms with Gasteiger partial charge in [-0.2, -0.15) is 5.26 Å². The van der Waals surface area contributed by atoms with Gasteiger partial charge in [0.2, 0.25) is 5.62 Å². The zero-order valence-electron chi connectivity index (χ0n) is 18.2. The Morgan fingerprint density at radius 3 is 2.26 bits per heavy atom. The smallest absolute Gasteiger partial charge is 0.205 e. The first-order valence-electron chi connectivity index (χ1n) is 10.6. The summed E-state index contributed by atoms with van der Waals surface area (Å²) in [7, 11) is 0. The molecule has 2 aromatic carbocycles. The van der Waals surface area contributed by atoms with Crippen LogP contribution in [0.3, 0.4) is 0 Å². The molecule has 1 unspecified atom stereocenters. The lowest BCUT2D eigenvalue weighted by molar-refractivity contribution is 0.471. The second kappa shape index (κ2) is 8.61. The summed E-state index contributed by atoms with van der Waals surface area (Å²) in [4.78, 5) is 4.62. The summed E-state index contributed by atoms with van der Waals surface area (Å²) in [6.07, 6.45) is 2.76. The van der Waals surface area contributed by atoms with Crippen molar-refractivity contribution in [3.63, 3.8) is 0 Å². The number of benzene rings is 2. The number of fused-ring (bicyclic) bond motifs is 1. The minimum Gasteiger partial charge on any atom is -0.302 e. The average molecular weight is 410 g/mol. The number of aromatic nitrogens is 3. The molecule has 0 aliphatic heterocycles. The molecule has 1 N–H and O–H groups in total. The summed E-state index contributed by atoms with van der Waals surface area (Å²) in [6, 6.07) is 22.9. The van der Waals surface area contributed by atoms with Gasteiger partial charge < -0.3 is 4.57 Å². The van der Waals surface area contributed by atoms with E-state index in [1.807, 2.05) is 21.3 Å². The van der Waals surface area contributed by atoms with Crippen LogP contribution in [-0.2, 0) is 6.42 Å². The van der Waals surface area contributed by atoms with Gasteiger partial charge in [0.05, 0.1) is 30.1 Å². The van der Waals surface area contributed by atoms with Crippen molar-refractivity contribution in [1.82, 2.24) is 14.1 Å². The molecule has 0 fully saturated rings. The molecule has 2 atom stereocenters. The lowest BCUT2D eigenvalue weighted by Crippen LogP contribution is -2.30. The van der Waals surface area contributed by atoms with E-state index >= 15 is 0 Å². The third-order valence-corrected chi connectivity index (χ3v) is 5.94. The first-order chi connectivity index (χ1) is 15.0. The second-order valence-corrected chi connectivity index (χ2v) is 8.20. The molecule has 2 aromatic heterocycles. The van der Waals surface area contributed by atoms with Crippen molar-refractivity contribution in [2.24, 2.45) is 0 Å². The Morgan fingerprint density at radius 2 is 1.61 bits per heavy atom. The maximum atomic E-state index is 9.55. The molecule has 0 radical (unpaired) electrons. The predicted molar refractivity (Wildman–Crippen MR) is 123 cm³/mol. The van der Waals surface area contributed by atoms with Gasteiger partial charge in [-0.05, 0) is 50.5 Å². The van der Waals surface area contributed by atoms with E-state index in [0.29, 0.717) is 18.5 Å². The highest BCUT2D eigenvalue weighted by Crippen LogP contribution is 2.26. The van der Waals surface area contributed by atoms with Crippen LogP contribution in [0.25, 0.3) is 11.2 Å². The maximum absolute atomic E-state index is 9.55. The van der Waals surface area contributed by atoms with Crippen molar-refractivity contribution < 1.29 is 0 Å². The van der Waals surface area contributed by atoms with E-state index in [0.717, 1.165) is 22.3 Å². The fourth-order valence-corrected chi connectivity index (χ4v) is 4.18. The molecular weight excluding hydrogens is 382 g/mol. The van der Waals surface area contributed by atoms with Gasteiger partial charge in [-0.25, -0.2) is 4.98 Å². The monoisotopic (exact) mass is 409 g/mol. The molecule has 31 heavy (non-hydrogen) atoms. The fraction of sp³-hybridized carbons (Fsp3) is 0.269. The Kier molecular flexibility index (Phi) is 5.73. The number of imidazole rings is 1. The van der Waals surface area contributed by atoms with Gasteiger partial charge in [0, 0.05) is 6.20 Å². The van der Waals surface area contributed by atoms with E-state index in [1.54, 1.807) is 6.20 Å². The lowest BCUT2D eigenvalue weighted by Gasteiger charge is -2.18. The van der Waals surface area contributed by atoms with Crippen LogP contribution in [0.15, 0.2) is 66.9 Å². The van der Waals surface area contributed by atoms with Gasteiger partial charge >= 0.3 is 0 Å².